The normalized spacial score (nSPS) is 10.3. The quantitative estimate of drug-likeness (QED) is 0.662. The average molecular weight is 360 g/mol. The number of carbonyl (C=O) groups excluding carboxylic acids is 1. The average Bonchev–Trinajstić information content (AvgIpc) is 2.74. The first-order valence-corrected chi connectivity index (χ1v) is 7.10. The summed E-state index contributed by atoms with van der Waals surface area (Å²) in [6.07, 6.45) is 0. The van der Waals surface area contributed by atoms with E-state index in [4.69, 9.17) is 0 Å². The summed E-state index contributed by atoms with van der Waals surface area (Å²) in [6.45, 7) is 4.91. The van der Waals surface area contributed by atoms with Crippen molar-refractivity contribution in [3.8, 4) is 0 Å². The topological polar surface area (TPSA) is 36.1 Å². The largest absolute Gasteiger partial charge is 0.351 e. The van der Waals surface area contributed by atoms with E-state index in [1.807, 2.05) is 40.1 Å². The van der Waals surface area contributed by atoms with Gasteiger partial charge >= 0.3 is 0 Å². The lowest BCUT2D eigenvalue weighted by Crippen LogP contribution is -2.10. The Morgan fingerprint density at radius 1 is 1.33 bits per heavy atom. The van der Waals surface area contributed by atoms with Gasteiger partial charge in [-0.2, -0.15) is 0 Å². The van der Waals surface area contributed by atoms with E-state index in [-0.39, 0.29) is 5.22 Å². The van der Waals surface area contributed by atoms with Crippen LogP contribution < -0.4 is 0 Å². The molecule has 2 aromatic rings. The zero-order chi connectivity index (χ0) is 13.7. The Morgan fingerprint density at radius 2 is 2.00 bits per heavy atom. The summed E-state index contributed by atoms with van der Waals surface area (Å²) in [5.74, 6) is 0. The maximum atomic E-state index is 11.2. The number of benzene rings is 1. The second-order valence-electron chi connectivity index (χ2n) is 4.12. The molecule has 100 valence electrons. The van der Waals surface area contributed by atoms with E-state index in [0.717, 1.165) is 17.4 Å². The maximum Gasteiger partial charge on any atom is 0.238 e. The van der Waals surface area contributed by atoms with Gasteiger partial charge in [0.05, 0.1) is 5.69 Å². The number of carbonyl (C=O) groups is 1. The molecule has 0 amide bonds. The third-order valence-corrected chi connectivity index (χ3v) is 2.98. The van der Waals surface area contributed by atoms with E-state index in [2.05, 4.69) is 22.0 Å². The number of rotatable bonds is 3. The monoisotopic (exact) mass is 360 g/mol. The number of aromatic amines is 1. The molecule has 0 saturated carbocycles. The number of halogens is 1. The molecule has 0 fully saturated rings. The Morgan fingerprint density at radius 3 is 2.56 bits per heavy atom. The molecule has 0 unspecified atom stereocenters. The molecule has 1 aromatic carbocycles. The number of hydrogen-bond acceptors (Lipinski definition) is 2. The van der Waals surface area contributed by atoms with Crippen LogP contribution in [0.25, 0.3) is 10.9 Å². The van der Waals surface area contributed by atoms with E-state index in [9.17, 15) is 4.79 Å². The van der Waals surface area contributed by atoms with Crippen molar-refractivity contribution in [1.82, 2.24) is 9.88 Å². The minimum atomic E-state index is 0. The summed E-state index contributed by atoms with van der Waals surface area (Å²) < 4.78 is 0.0444. The molecule has 0 aliphatic carbocycles. The van der Waals surface area contributed by atoms with Crippen LogP contribution >= 0.6 is 22.6 Å². The fourth-order valence-corrected chi connectivity index (χ4v) is 2.04. The summed E-state index contributed by atoms with van der Waals surface area (Å²) in [5.41, 5.74) is 2.93. The van der Waals surface area contributed by atoms with Crippen LogP contribution in [0.3, 0.4) is 0 Å². The molecule has 2 rings (SSSR count). The highest BCUT2D eigenvalue weighted by atomic mass is 127. The van der Waals surface area contributed by atoms with Gasteiger partial charge in [-0.05, 0) is 37.9 Å². The molecular formula is C14H21IN2O. The van der Waals surface area contributed by atoms with Crippen LogP contribution in [0, 0.1) is 0 Å². The van der Waals surface area contributed by atoms with E-state index < -0.39 is 0 Å². The van der Waals surface area contributed by atoms with Gasteiger partial charge in [-0.1, -0.05) is 19.9 Å². The lowest BCUT2D eigenvalue weighted by molar-refractivity contribution is 0.110. The fourth-order valence-electron chi connectivity index (χ4n) is 1.75. The zero-order valence-corrected chi connectivity index (χ0v) is 13.4. The van der Waals surface area contributed by atoms with Crippen molar-refractivity contribution < 1.29 is 6.22 Å². The first kappa shape index (κ1) is 15.2. The Labute approximate surface area is 123 Å². The van der Waals surface area contributed by atoms with Crippen molar-refractivity contribution in [3.63, 3.8) is 0 Å². The van der Waals surface area contributed by atoms with Crippen LogP contribution in [-0.4, -0.2) is 27.8 Å². The van der Waals surface area contributed by atoms with Crippen molar-refractivity contribution in [2.24, 2.45) is 0 Å². The highest BCUT2D eigenvalue weighted by Gasteiger charge is 2.06. The zero-order valence-electron chi connectivity index (χ0n) is 11.2. The molecule has 1 N–H and O–H groups in total. The van der Waals surface area contributed by atoms with Crippen LogP contribution in [0.2, 0.25) is 0 Å². The third kappa shape index (κ3) is 3.81. The third-order valence-electron chi connectivity index (χ3n) is 2.40. The van der Waals surface area contributed by atoms with Gasteiger partial charge in [-0.25, -0.2) is 0 Å². The highest BCUT2D eigenvalue weighted by Crippen LogP contribution is 2.19. The summed E-state index contributed by atoms with van der Waals surface area (Å²) in [7, 11) is 4.09. The fraction of sp³-hybridized carbons (Fsp3) is 0.357. The predicted octanol–water partition coefficient (Wildman–Crippen LogP) is 4.08. The maximum absolute atomic E-state index is 11.2. The second-order valence-corrected chi connectivity index (χ2v) is 5.10. The number of nitrogens with one attached hydrogen (secondary N) is 1. The Bertz CT molecular complexity index is 537. The predicted molar refractivity (Wildman–Crippen MR) is 87.5 cm³/mol. The number of aromatic nitrogens is 1. The second kappa shape index (κ2) is 6.89. The van der Waals surface area contributed by atoms with Crippen LogP contribution in [-0.2, 0) is 6.54 Å². The van der Waals surface area contributed by atoms with Crippen LogP contribution in [0.1, 0.15) is 31.3 Å². The van der Waals surface area contributed by atoms with E-state index in [1.165, 1.54) is 5.56 Å². The molecule has 4 heteroatoms. The number of H-pyrrole nitrogens is 1. The summed E-state index contributed by atoms with van der Waals surface area (Å²) >= 11 is 1.79. The number of fused-ring (bicyclic) bond motifs is 1. The molecule has 18 heavy (non-hydrogen) atoms. The first-order chi connectivity index (χ1) is 8.56. The van der Waals surface area contributed by atoms with Crippen molar-refractivity contribution in [2.45, 2.75) is 20.4 Å². The Hall–Kier alpha value is -0.880. The molecule has 3 nitrogen and oxygen atoms in total. The Kier molecular flexibility index (Phi) is 5.81. The van der Waals surface area contributed by atoms with E-state index >= 15 is 0 Å². The van der Waals surface area contributed by atoms with Crippen LogP contribution in [0.15, 0.2) is 24.3 Å². The molecule has 0 radical (unpaired) electrons. The molecule has 0 atom stereocenters. The number of nitrogens with zero attached hydrogens (tertiary/aromatic N) is 1. The molecule has 0 aliphatic rings. The molecular weight excluding hydrogens is 339 g/mol. The van der Waals surface area contributed by atoms with Gasteiger partial charge in [-0.3, -0.25) is 4.79 Å². The summed E-state index contributed by atoms with van der Waals surface area (Å²) in [6, 6.07) is 8.13. The standard InChI is InChI=1S/C12H13IN2O.C2H6.H2/c1-15(2)7-8-3-4-10-9(5-8)6-11(14-10)12(13)16;1-2;/h3-6,14H,7H2,1-2H3;1-2H3;1H. The van der Waals surface area contributed by atoms with Crippen molar-refractivity contribution in [1.29, 1.82) is 0 Å². The molecule has 0 saturated heterocycles. The van der Waals surface area contributed by atoms with Gasteiger partial charge in [0.25, 0.3) is 0 Å². The van der Waals surface area contributed by atoms with Gasteiger partial charge in [0.1, 0.15) is 0 Å². The van der Waals surface area contributed by atoms with Gasteiger partial charge in [0, 0.05) is 41.5 Å². The Balaban J connectivity index is 0.00000103. The first-order valence-electron chi connectivity index (χ1n) is 6.02. The van der Waals surface area contributed by atoms with E-state index in [0.29, 0.717) is 5.69 Å². The van der Waals surface area contributed by atoms with Crippen LogP contribution in [0.5, 0.6) is 0 Å². The minimum Gasteiger partial charge on any atom is -0.351 e. The lowest BCUT2D eigenvalue weighted by Gasteiger charge is -2.09. The van der Waals surface area contributed by atoms with E-state index in [1.54, 1.807) is 22.6 Å². The molecule has 1 aromatic heterocycles. The summed E-state index contributed by atoms with van der Waals surface area (Å²) in [5, 5.41) is 1.10. The molecule has 0 bridgehead atoms. The van der Waals surface area contributed by atoms with Gasteiger partial charge in [0.15, 0.2) is 0 Å². The summed E-state index contributed by atoms with van der Waals surface area (Å²) in [4.78, 5) is 16.5. The van der Waals surface area contributed by atoms with Crippen molar-refractivity contribution in [3.05, 3.63) is 35.5 Å². The van der Waals surface area contributed by atoms with Gasteiger partial charge in [-0.15, -0.1) is 0 Å². The minimum absolute atomic E-state index is 0. The van der Waals surface area contributed by atoms with Crippen LogP contribution in [0.4, 0.5) is 0 Å². The lowest BCUT2D eigenvalue weighted by atomic mass is 10.1. The molecule has 1 heterocycles. The van der Waals surface area contributed by atoms with Gasteiger partial charge < -0.3 is 9.88 Å². The number of hydrogen-bond donors (Lipinski definition) is 1. The molecule has 0 spiro atoms. The highest BCUT2D eigenvalue weighted by molar-refractivity contribution is 14.1. The SMILES string of the molecule is CC.CN(C)Cc1ccc2[nH]c(C(=O)I)cc2c1.[HH]. The smallest absolute Gasteiger partial charge is 0.238 e. The van der Waals surface area contributed by atoms with Gasteiger partial charge in [0.2, 0.25) is 3.79 Å². The molecule has 0 aliphatic heterocycles. The van der Waals surface area contributed by atoms with Crippen molar-refractivity contribution in [2.75, 3.05) is 14.1 Å². The van der Waals surface area contributed by atoms with Crippen molar-refractivity contribution >= 4 is 37.3 Å².